The van der Waals surface area contributed by atoms with Crippen LogP contribution in [0.5, 0.6) is 0 Å². The molecule has 0 bridgehead atoms. The second kappa shape index (κ2) is 11.5. The number of nitrogens with zero attached hydrogens (tertiary/aromatic N) is 5. The van der Waals surface area contributed by atoms with Crippen molar-refractivity contribution >= 4 is 29.0 Å². The minimum absolute atomic E-state index is 0.0274. The Morgan fingerprint density at radius 1 is 1.11 bits per heavy atom. The number of benzene rings is 1. The summed E-state index contributed by atoms with van der Waals surface area (Å²) in [6.45, 7) is 1.66. The van der Waals surface area contributed by atoms with E-state index in [9.17, 15) is 22.8 Å². The van der Waals surface area contributed by atoms with Gasteiger partial charge in [0.15, 0.2) is 0 Å². The lowest BCUT2D eigenvalue weighted by molar-refractivity contribution is -0.153. The molecule has 2 aliphatic rings. The maximum Gasteiger partial charge on any atom is 0.416 e. The molecular formula is C31H32F3N7O3. The lowest BCUT2D eigenvalue weighted by Gasteiger charge is -2.45. The van der Waals surface area contributed by atoms with E-state index in [0.29, 0.717) is 36.5 Å². The molecule has 44 heavy (non-hydrogen) atoms. The molecule has 2 amide bonds. The second-order valence-corrected chi connectivity index (χ2v) is 11.5. The fourth-order valence-corrected chi connectivity index (χ4v) is 6.23. The monoisotopic (exact) mass is 607 g/mol. The number of aromatic nitrogens is 4. The molecule has 0 spiro atoms. The molecule has 4 aromatic rings. The van der Waals surface area contributed by atoms with Crippen molar-refractivity contribution in [2.45, 2.75) is 44.2 Å². The number of pyridine rings is 1. The maximum atomic E-state index is 13.6. The quantitative estimate of drug-likeness (QED) is 0.297. The topological polar surface area (TPSA) is 128 Å². The molecule has 2 fully saturated rings. The third kappa shape index (κ3) is 5.47. The van der Waals surface area contributed by atoms with Crippen molar-refractivity contribution in [3.8, 4) is 11.3 Å². The van der Waals surface area contributed by atoms with Crippen LogP contribution in [0.4, 0.5) is 24.8 Å². The van der Waals surface area contributed by atoms with E-state index >= 15 is 0 Å². The standard InChI is InChI=1S/C31H32F3N7O3/c1-44-18-30(10-3-11-30)29(43)40-14-2-4-21(17-40)27-39-24(25-26(35)37-13-15-41(25)27)19-5-7-20(8-6-19)28(42)38-23-16-22(9-12-36-23)31(32,33)34/h5-9,12-13,15-16,21H,2-4,10-11,14,17-18H2,1H3,(H2,35,37)(H,36,38,42)/t21-/m1/s1. The summed E-state index contributed by atoms with van der Waals surface area (Å²) in [5, 5.41) is 2.42. The maximum absolute atomic E-state index is 13.6. The van der Waals surface area contributed by atoms with E-state index < -0.39 is 23.1 Å². The molecule has 6 rings (SSSR count). The number of methoxy groups -OCH3 is 1. The fraction of sp³-hybridized carbons (Fsp3) is 0.387. The largest absolute Gasteiger partial charge is 0.416 e. The number of carbonyl (C=O) groups is 2. The minimum atomic E-state index is -4.55. The average molecular weight is 608 g/mol. The van der Waals surface area contributed by atoms with Crippen LogP contribution in [0.15, 0.2) is 55.0 Å². The first-order chi connectivity index (χ1) is 21.1. The smallest absolute Gasteiger partial charge is 0.384 e. The third-order valence-corrected chi connectivity index (χ3v) is 8.62. The van der Waals surface area contributed by atoms with E-state index in [1.54, 1.807) is 43.8 Å². The summed E-state index contributed by atoms with van der Waals surface area (Å²) < 4.78 is 46.5. The number of amides is 2. The SMILES string of the molecule is COCC1(C(=O)N2CCC[C@@H](c3nc(-c4ccc(C(=O)Nc5cc(C(F)(F)F)ccn5)cc4)c4c(N)nccn34)C2)CCC1. The van der Waals surface area contributed by atoms with Crippen LogP contribution in [-0.4, -0.2) is 62.9 Å². The first-order valence-corrected chi connectivity index (χ1v) is 14.5. The van der Waals surface area contributed by atoms with Gasteiger partial charge in [-0.2, -0.15) is 13.2 Å². The van der Waals surface area contributed by atoms with Crippen LogP contribution in [0.25, 0.3) is 16.8 Å². The number of nitrogen functional groups attached to an aromatic ring is 1. The molecule has 13 heteroatoms. The molecule has 0 radical (unpaired) electrons. The fourth-order valence-electron chi connectivity index (χ4n) is 6.23. The van der Waals surface area contributed by atoms with Crippen molar-refractivity contribution in [2.24, 2.45) is 5.41 Å². The van der Waals surface area contributed by atoms with Crippen LogP contribution >= 0.6 is 0 Å². The van der Waals surface area contributed by atoms with Gasteiger partial charge in [0, 0.05) is 55.8 Å². The molecule has 4 heterocycles. The van der Waals surface area contributed by atoms with E-state index in [4.69, 9.17) is 15.5 Å². The third-order valence-electron chi connectivity index (χ3n) is 8.62. The molecule has 3 N–H and O–H groups in total. The summed E-state index contributed by atoms with van der Waals surface area (Å²) in [6.07, 6.45) is 4.25. The lowest BCUT2D eigenvalue weighted by Crippen LogP contribution is -2.52. The van der Waals surface area contributed by atoms with Gasteiger partial charge in [-0.25, -0.2) is 15.0 Å². The number of piperidine rings is 1. The van der Waals surface area contributed by atoms with Gasteiger partial charge >= 0.3 is 6.18 Å². The van der Waals surface area contributed by atoms with Crippen LogP contribution in [0.2, 0.25) is 0 Å². The highest BCUT2D eigenvalue weighted by molar-refractivity contribution is 6.04. The molecule has 0 unspecified atom stereocenters. The number of halogens is 3. The summed E-state index contributed by atoms with van der Waals surface area (Å²) in [7, 11) is 1.63. The van der Waals surface area contributed by atoms with E-state index in [-0.39, 0.29) is 29.0 Å². The summed E-state index contributed by atoms with van der Waals surface area (Å²) >= 11 is 0. The molecule has 1 aromatic carbocycles. The predicted octanol–water partition coefficient (Wildman–Crippen LogP) is 5.17. The van der Waals surface area contributed by atoms with Gasteiger partial charge in [0.1, 0.15) is 28.7 Å². The molecule has 230 valence electrons. The lowest BCUT2D eigenvalue weighted by atomic mass is 9.68. The van der Waals surface area contributed by atoms with Crippen molar-refractivity contribution < 1.29 is 27.5 Å². The summed E-state index contributed by atoms with van der Waals surface area (Å²) in [5.41, 5.74) is 7.10. The van der Waals surface area contributed by atoms with Crippen molar-refractivity contribution in [3.05, 3.63) is 71.9 Å². The highest BCUT2D eigenvalue weighted by atomic mass is 19.4. The van der Waals surface area contributed by atoms with Crippen LogP contribution in [0, 0.1) is 5.41 Å². The molecule has 1 saturated heterocycles. The van der Waals surface area contributed by atoms with Crippen molar-refractivity contribution in [1.82, 2.24) is 24.3 Å². The first-order valence-electron chi connectivity index (χ1n) is 14.5. The Kier molecular flexibility index (Phi) is 7.74. The molecule has 1 atom stereocenters. The van der Waals surface area contributed by atoms with Crippen molar-refractivity contribution in [1.29, 1.82) is 0 Å². The Morgan fingerprint density at radius 2 is 1.89 bits per heavy atom. The number of rotatable bonds is 7. The Bertz CT molecular complexity index is 1700. The van der Waals surface area contributed by atoms with E-state index in [2.05, 4.69) is 15.3 Å². The summed E-state index contributed by atoms with van der Waals surface area (Å²) in [4.78, 5) is 41.4. The highest BCUT2D eigenvalue weighted by Gasteiger charge is 2.47. The average Bonchev–Trinajstić information content (AvgIpc) is 3.39. The second-order valence-electron chi connectivity index (χ2n) is 11.5. The van der Waals surface area contributed by atoms with Crippen molar-refractivity contribution in [3.63, 3.8) is 0 Å². The normalized spacial score (nSPS) is 18.2. The zero-order valence-corrected chi connectivity index (χ0v) is 24.1. The number of likely N-dealkylation sites (tertiary alicyclic amines) is 1. The van der Waals surface area contributed by atoms with Gasteiger partial charge in [0.05, 0.1) is 17.6 Å². The number of fused-ring (bicyclic) bond motifs is 1. The number of nitrogens with one attached hydrogen (secondary N) is 1. The van der Waals surface area contributed by atoms with Gasteiger partial charge in [-0.05, 0) is 49.9 Å². The van der Waals surface area contributed by atoms with Crippen LogP contribution in [0.3, 0.4) is 0 Å². The molecule has 1 aliphatic heterocycles. The number of nitrogens with two attached hydrogens (primary N) is 1. The van der Waals surface area contributed by atoms with E-state index in [0.717, 1.165) is 56.3 Å². The number of hydrogen-bond acceptors (Lipinski definition) is 7. The van der Waals surface area contributed by atoms with Crippen LogP contribution in [0.1, 0.15) is 59.8 Å². The van der Waals surface area contributed by atoms with Gasteiger partial charge in [-0.15, -0.1) is 0 Å². The number of alkyl halides is 3. The molecular weight excluding hydrogens is 575 g/mol. The first kappa shape index (κ1) is 29.5. The minimum Gasteiger partial charge on any atom is -0.384 e. The van der Waals surface area contributed by atoms with E-state index in [1.807, 2.05) is 9.30 Å². The number of anilines is 2. The summed E-state index contributed by atoms with van der Waals surface area (Å²) in [6, 6.07) is 8.15. The van der Waals surface area contributed by atoms with Gasteiger partial charge < -0.3 is 20.7 Å². The predicted molar refractivity (Wildman–Crippen MR) is 157 cm³/mol. The van der Waals surface area contributed by atoms with E-state index in [1.165, 1.54) is 0 Å². The molecule has 1 aliphatic carbocycles. The zero-order valence-electron chi connectivity index (χ0n) is 24.1. The number of imidazole rings is 1. The Morgan fingerprint density at radius 3 is 2.57 bits per heavy atom. The van der Waals surface area contributed by atoms with Gasteiger partial charge in [-0.1, -0.05) is 18.6 Å². The van der Waals surface area contributed by atoms with Gasteiger partial charge in [0.2, 0.25) is 5.91 Å². The highest BCUT2D eigenvalue weighted by Crippen LogP contribution is 2.44. The summed E-state index contributed by atoms with van der Waals surface area (Å²) in [5.74, 6) is 0.365. The van der Waals surface area contributed by atoms with Crippen molar-refractivity contribution in [2.75, 3.05) is 37.9 Å². The Hall–Kier alpha value is -4.52. The number of carbonyl (C=O) groups excluding carboxylic acids is 2. The molecule has 10 nitrogen and oxygen atoms in total. The Labute approximate surface area is 251 Å². The number of ether oxygens (including phenoxy) is 1. The Balaban J connectivity index is 1.25. The number of hydrogen-bond donors (Lipinski definition) is 2. The molecule has 1 saturated carbocycles. The van der Waals surface area contributed by atoms with Gasteiger partial charge in [-0.3, -0.25) is 14.0 Å². The molecule has 3 aromatic heterocycles. The van der Waals surface area contributed by atoms with Gasteiger partial charge in [0.25, 0.3) is 5.91 Å². The van der Waals surface area contributed by atoms with Crippen LogP contribution in [-0.2, 0) is 15.7 Å². The zero-order chi connectivity index (χ0) is 31.1. The van der Waals surface area contributed by atoms with Crippen LogP contribution < -0.4 is 11.1 Å².